The van der Waals surface area contributed by atoms with Crippen LogP contribution >= 0.6 is 34.2 Å². The summed E-state index contributed by atoms with van der Waals surface area (Å²) in [5, 5.41) is 8.56. The molecule has 0 spiro atoms. The van der Waals surface area contributed by atoms with E-state index in [1.807, 2.05) is 22.6 Å². The van der Waals surface area contributed by atoms with Gasteiger partial charge in [-0.05, 0) is 34.7 Å². The fourth-order valence-electron chi connectivity index (χ4n) is 0.572. The SMILES string of the molecule is O=C(O)c1ccc(I)nc1Cl. The molecule has 1 aromatic heterocycles. The van der Waals surface area contributed by atoms with E-state index in [0.29, 0.717) is 3.70 Å². The van der Waals surface area contributed by atoms with Gasteiger partial charge in [0.05, 0.1) is 5.56 Å². The van der Waals surface area contributed by atoms with E-state index in [2.05, 4.69) is 4.98 Å². The van der Waals surface area contributed by atoms with Crippen LogP contribution in [0.1, 0.15) is 10.4 Å². The smallest absolute Gasteiger partial charge is 0.338 e. The Hall–Kier alpha value is -0.360. The Kier molecular flexibility index (Phi) is 2.67. The number of carboxylic acids is 1. The monoisotopic (exact) mass is 283 g/mol. The minimum atomic E-state index is -1.06. The summed E-state index contributed by atoms with van der Waals surface area (Å²) in [6.07, 6.45) is 0. The standard InChI is InChI=1S/C6H3ClINO2/c7-5-3(6(10)11)1-2-4(8)9-5/h1-2H,(H,10,11). The zero-order valence-electron chi connectivity index (χ0n) is 5.21. The van der Waals surface area contributed by atoms with Crippen LogP contribution < -0.4 is 0 Å². The summed E-state index contributed by atoms with van der Waals surface area (Å²) in [5.41, 5.74) is 0.0343. The fourth-order valence-corrected chi connectivity index (χ4v) is 1.37. The summed E-state index contributed by atoms with van der Waals surface area (Å²) in [6.45, 7) is 0. The number of rotatable bonds is 1. The molecule has 0 aliphatic heterocycles. The van der Waals surface area contributed by atoms with Gasteiger partial charge in [-0.3, -0.25) is 0 Å². The van der Waals surface area contributed by atoms with Crippen molar-refractivity contribution in [2.45, 2.75) is 0 Å². The summed E-state index contributed by atoms with van der Waals surface area (Å²) in [7, 11) is 0. The van der Waals surface area contributed by atoms with E-state index in [9.17, 15) is 4.79 Å². The number of nitrogens with zero attached hydrogens (tertiary/aromatic N) is 1. The molecule has 0 amide bonds. The lowest BCUT2D eigenvalue weighted by molar-refractivity contribution is 0.0696. The first-order valence-electron chi connectivity index (χ1n) is 2.66. The first-order valence-corrected chi connectivity index (χ1v) is 4.12. The maximum absolute atomic E-state index is 10.4. The number of aromatic nitrogens is 1. The first kappa shape index (κ1) is 8.73. The molecule has 0 saturated heterocycles. The van der Waals surface area contributed by atoms with E-state index in [1.165, 1.54) is 6.07 Å². The van der Waals surface area contributed by atoms with E-state index in [0.717, 1.165) is 0 Å². The average molecular weight is 283 g/mol. The van der Waals surface area contributed by atoms with E-state index in [4.69, 9.17) is 16.7 Å². The molecule has 58 valence electrons. The van der Waals surface area contributed by atoms with Crippen molar-refractivity contribution in [2.75, 3.05) is 0 Å². The van der Waals surface area contributed by atoms with Crippen LogP contribution in [-0.4, -0.2) is 16.1 Å². The van der Waals surface area contributed by atoms with Crippen LogP contribution in [0.15, 0.2) is 12.1 Å². The van der Waals surface area contributed by atoms with Crippen LogP contribution in [0.2, 0.25) is 5.15 Å². The molecule has 11 heavy (non-hydrogen) atoms. The van der Waals surface area contributed by atoms with Gasteiger partial charge in [-0.1, -0.05) is 11.6 Å². The summed E-state index contributed by atoms with van der Waals surface area (Å²) in [6, 6.07) is 3.02. The van der Waals surface area contributed by atoms with Gasteiger partial charge in [0.1, 0.15) is 8.85 Å². The van der Waals surface area contributed by atoms with Crippen molar-refractivity contribution >= 4 is 40.2 Å². The summed E-state index contributed by atoms with van der Waals surface area (Å²) < 4.78 is 0.678. The zero-order chi connectivity index (χ0) is 8.43. The lowest BCUT2D eigenvalue weighted by atomic mass is 10.3. The molecule has 1 N–H and O–H groups in total. The third kappa shape index (κ3) is 2.03. The van der Waals surface area contributed by atoms with Crippen molar-refractivity contribution < 1.29 is 9.90 Å². The average Bonchev–Trinajstić information content (AvgIpc) is 1.85. The third-order valence-corrected chi connectivity index (χ3v) is 1.93. The molecule has 3 nitrogen and oxygen atoms in total. The maximum Gasteiger partial charge on any atom is 0.338 e. The highest BCUT2D eigenvalue weighted by Crippen LogP contribution is 2.14. The summed E-state index contributed by atoms with van der Waals surface area (Å²) >= 11 is 7.48. The van der Waals surface area contributed by atoms with Crippen molar-refractivity contribution in [1.29, 1.82) is 0 Å². The minimum absolute atomic E-state index is 0.0319. The van der Waals surface area contributed by atoms with Gasteiger partial charge in [-0.2, -0.15) is 0 Å². The number of pyridine rings is 1. The van der Waals surface area contributed by atoms with E-state index < -0.39 is 5.97 Å². The Bertz CT molecular complexity index is 303. The first-order chi connectivity index (χ1) is 5.11. The molecular formula is C6H3ClINO2. The maximum atomic E-state index is 10.4. The quantitative estimate of drug-likeness (QED) is 0.634. The largest absolute Gasteiger partial charge is 0.478 e. The molecule has 0 unspecified atom stereocenters. The molecule has 0 bridgehead atoms. The Morgan fingerprint density at radius 2 is 2.27 bits per heavy atom. The molecule has 0 radical (unpaired) electrons. The molecule has 1 aromatic rings. The molecule has 5 heteroatoms. The molecule has 0 aliphatic carbocycles. The molecule has 0 fully saturated rings. The van der Waals surface area contributed by atoms with Gasteiger partial charge in [-0.25, -0.2) is 9.78 Å². The molecule has 0 aliphatic rings. The van der Waals surface area contributed by atoms with Crippen LogP contribution in [0.5, 0.6) is 0 Å². The van der Waals surface area contributed by atoms with Gasteiger partial charge in [0.15, 0.2) is 0 Å². The Labute approximate surface area is 81.5 Å². The Balaban J connectivity index is 3.20. The van der Waals surface area contributed by atoms with Crippen molar-refractivity contribution in [3.63, 3.8) is 0 Å². The topological polar surface area (TPSA) is 50.2 Å². The Morgan fingerprint density at radius 1 is 1.64 bits per heavy atom. The Morgan fingerprint density at radius 3 is 2.73 bits per heavy atom. The van der Waals surface area contributed by atoms with Crippen LogP contribution in [0.25, 0.3) is 0 Å². The lowest BCUT2D eigenvalue weighted by Gasteiger charge is -1.96. The highest BCUT2D eigenvalue weighted by atomic mass is 127. The predicted octanol–water partition coefficient (Wildman–Crippen LogP) is 2.04. The molecule has 0 saturated carbocycles. The number of carbonyl (C=O) groups is 1. The van der Waals surface area contributed by atoms with Crippen LogP contribution in [-0.2, 0) is 0 Å². The molecule has 1 heterocycles. The number of aromatic carboxylic acids is 1. The number of halogens is 2. The third-order valence-electron chi connectivity index (χ3n) is 1.05. The number of hydrogen-bond donors (Lipinski definition) is 1. The van der Waals surface area contributed by atoms with Crippen molar-refractivity contribution in [2.24, 2.45) is 0 Å². The van der Waals surface area contributed by atoms with Gasteiger partial charge in [0.2, 0.25) is 0 Å². The second kappa shape index (κ2) is 3.36. The van der Waals surface area contributed by atoms with E-state index in [1.54, 1.807) is 6.07 Å². The van der Waals surface area contributed by atoms with Gasteiger partial charge in [0.25, 0.3) is 0 Å². The van der Waals surface area contributed by atoms with Gasteiger partial charge >= 0.3 is 5.97 Å². The summed E-state index contributed by atoms with van der Waals surface area (Å²) in [5.74, 6) is -1.06. The van der Waals surface area contributed by atoms with Crippen molar-refractivity contribution in [3.8, 4) is 0 Å². The lowest BCUT2D eigenvalue weighted by Crippen LogP contribution is -1.99. The molecular weight excluding hydrogens is 280 g/mol. The van der Waals surface area contributed by atoms with Gasteiger partial charge < -0.3 is 5.11 Å². The van der Waals surface area contributed by atoms with Crippen molar-refractivity contribution in [1.82, 2.24) is 4.98 Å². The van der Waals surface area contributed by atoms with Crippen molar-refractivity contribution in [3.05, 3.63) is 26.5 Å². The highest BCUT2D eigenvalue weighted by Gasteiger charge is 2.08. The molecule has 0 atom stereocenters. The highest BCUT2D eigenvalue weighted by molar-refractivity contribution is 14.1. The normalized spacial score (nSPS) is 9.64. The van der Waals surface area contributed by atoms with Crippen LogP contribution in [0.4, 0.5) is 0 Å². The zero-order valence-corrected chi connectivity index (χ0v) is 8.13. The van der Waals surface area contributed by atoms with Gasteiger partial charge in [-0.15, -0.1) is 0 Å². The van der Waals surface area contributed by atoms with Crippen LogP contribution in [0.3, 0.4) is 0 Å². The predicted molar refractivity (Wildman–Crippen MR) is 48.9 cm³/mol. The number of hydrogen-bond acceptors (Lipinski definition) is 2. The number of carboxylic acid groups (broad SMARTS) is 1. The van der Waals surface area contributed by atoms with E-state index in [-0.39, 0.29) is 10.7 Å². The fraction of sp³-hybridized carbons (Fsp3) is 0. The minimum Gasteiger partial charge on any atom is -0.478 e. The second-order valence-electron chi connectivity index (χ2n) is 1.78. The van der Waals surface area contributed by atoms with Crippen LogP contribution in [0, 0.1) is 3.70 Å². The summed E-state index contributed by atoms with van der Waals surface area (Å²) in [4.78, 5) is 14.2. The van der Waals surface area contributed by atoms with E-state index >= 15 is 0 Å². The van der Waals surface area contributed by atoms with Gasteiger partial charge in [0, 0.05) is 0 Å². The second-order valence-corrected chi connectivity index (χ2v) is 3.24. The molecule has 0 aromatic carbocycles. The molecule has 1 rings (SSSR count).